The van der Waals surface area contributed by atoms with E-state index in [1.54, 1.807) is 15.8 Å². The van der Waals surface area contributed by atoms with Gasteiger partial charge < -0.3 is 10.0 Å². The zero-order valence-electron chi connectivity index (χ0n) is 10.2. The van der Waals surface area contributed by atoms with Crippen molar-refractivity contribution in [2.45, 2.75) is 25.8 Å². The standard InChI is InChI=1S/C12H17N3O3/c16-11(4-8-15-7-2-5-13-15)14-6-1-3-10(9-14)12(17)18/h2,5,7,10H,1,3-4,6,8-9H2,(H,17,18). The lowest BCUT2D eigenvalue weighted by Crippen LogP contribution is -2.42. The van der Waals surface area contributed by atoms with Gasteiger partial charge in [0.1, 0.15) is 0 Å². The van der Waals surface area contributed by atoms with Crippen molar-refractivity contribution in [3.05, 3.63) is 18.5 Å². The number of carboxylic acids is 1. The third-order valence-electron chi connectivity index (χ3n) is 3.24. The molecule has 6 heteroatoms. The molecule has 0 bridgehead atoms. The Morgan fingerprint density at radius 3 is 2.94 bits per heavy atom. The van der Waals surface area contributed by atoms with E-state index in [0.717, 1.165) is 6.42 Å². The molecule has 0 radical (unpaired) electrons. The van der Waals surface area contributed by atoms with E-state index in [-0.39, 0.29) is 5.91 Å². The first-order valence-corrected chi connectivity index (χ1v) is 6.15. The van der Waals surface area contributed by atoms with E-state index in [0.29, 0.717) is 32.5 Å². The lowest BCUT2D eigenvalue weighted by Gasteiger charge is -2.30. The number of hydrogen-bond acceptors (Lipinski definition) is 3. The van der Waals surface area contributed by atoms with Crippen molar-refractivity contribution in [2.75, 3.05) is 13.1 Å². The Morgan fingerprint density at radius 1 is 1.44 bits per heavy atom. The largest absolute Gasteiger partial charge is 0.481 e. The molecule has 0 saturated carbocycles. The van der Waals surface area contributed by atoms with Crippen molar-refractivity contribution in [2.24, 2.45) is 5.92 Å². The zero-order chi connectivity index (χ0) is 13.0. The smallest absolute Gasteiger partial charge is 0.308 e. The van der Waals surface area contributed by atoms with Gasteiger partial charge in [0.25, 0.3) is 0 Å². The first kappa shape index (κ1) is 12.6. The highest BCUT2D eigenvalue weighted by molar-refractivity contribution is 5.77. The average molecular weight is 251 g/mol. The van der Waals surface area contributed by atoms with Crippen LogP contribution in [0.4, 0.5) is 0 Å². The maximum atomic E-state index is 12.0. The number of aliphatic carboxylic acids is 1. The van der Waals surface area contributed by atoms with E-state index in [4.69, 9.17) is 5.11 Å². The number of aryl methyl sites for hydroxylation is 1. The third kappa shape index (κ3) is 3.09. The molecule has 1 aromatic heterocycles. The molecule has 1 fully saturated rings. The molecule has 1 atom stereocenters. The SMILES string of the molecule is O=C(O)C1CCCN(C(=O)CCn2cccn2)C1. The Hall–Kier alpha value is -1.85. The molecule has 1 saturated heterocycles. The summed E-state index contributed by atoms with van der Waals surface area (Å²) in [6.07, 6.45) is 5.28. The fourth-order valence-electron chi connectivity index (χ4n) is 2.21. The van der Waals surface area contributed by atoms with Crippen LogP contribution in [0.25, 0.3) is 0 Å². The first-order valence-electron chi connectivity index (χ1n) is 6.15. The Bertz CT molecular complexity index is 416. The van der Waals surface area contributed by atoms with Gasteiger partial charge in [-0.2, -0.15) is 5.10 Å². The van der Waals surface area contributed by atoms with Crippen LogP contribution in [-0.4, -0.2) is 44.8 Å². The minimum absolute atomic E-state index is 0.0106. The number of aromatic nitrogens is 2. The highest BCUT2D eigenvalue weighted by Gasteiger charge is 2.27. The maximum Gasteiger partial charge on any atom is 0.308 e. The number of rotatable bonds is 4. The summed E-state index contributed by atoms with van der Waals surface area (Å²) in [4.78, 5) is 24.5. The summed E-state index contributed by atoms with van der Waals surface area (Å²) in [7, 11) is 0. The molecule has 2 rings (SSSR count). The molecule has 1 aromatic rings. The minimum atomic E-state index is -0.806. The number of carboxylic acid groups (broad SMARTS) is 1. The molecule has 1 unspecified atom stereocenters. The van der Waals surface area contributed by atoms with Gasteiger partial charge in [-0.05, 0) is 18.9 Å². The Labute approximate surface area is 105 Å². The van der Waals surface area contributed by atoms with Gasteiger partial charge in [-0.3, -0.25) is 14.3 Å². The molecule has 1 N–H and O–H groups in total. The van der Waals surface area contributed by atoms with Crippen molar-refractivity contribution in [3.63, 3.8) is 0 Å². The molecule has 1 aliphatic rings. The van der Waals surface area contributed by atoms with Crippen LogP contribution in [-0.2, 0) is 16.1 Å². The topological polar surface area (TPSA) is 75.4 Å². The van der Waals surface area contributed by atoms with E-state index in [1.807, 2.05) is 12.3 Å². The monoisotopic (exact) mass is 251 g/mol. The molecule has 98 valence electrons. The van der Waals surface area contributed by atoms with Crippen molar-refractivity contribution in [1.82, 2.24) is 14.7 Å². The molecule has 0 aliphatic carbocycles. The van der Waals surface area contributed by atoms with Gasteiger partial charge in [0, 0.05) is 38.4 Å². The average Bonchev–Trinajstić information content (AvgIpc) is 2.89. The Balaban J connectivity index is 1.83. The molecule has 18 heavy (non-hydrogen) atoms. The lowest BCUT2D eigenvalue weighted by molar-refractivity contribution is -0.145. The van der Waals surface area contributed by atoms with Gasteiger partial charge in [-0.1, -0.05) is 0 Å². The summed E-state index contributed by atoms with van der Waals surface area (Å²) in [5.74, 6) is -1.21. The summed E-state index contributed by atoms with van der Waals surface area (Å²) in [5.41, 5.74) is 0. The third-order valence-corrected chi connectivity index (χ3v) is 3.24. The van der Waals surface area contributed by atoms with Gasteiger partial charge >= 0.3 is 5.97 Å². The van der Waals surface area contributed by atoms with E-state index in [1.165, 1.54) is 0 Å². The summed E-state index contributed by atoms with van der Waals surface area (Å²) in [6, 6.07) is 1.81. The van der Waals surface area contributed by atoms with Crippen molar-refractivity contribution in [1.29, 1.82) is 0 Å². The molecule has 1 amide bonds. The van der Waals surface area contributed by atoms with Crippen molar-refractivity contribution < 1.29 is 14.7 Å². The number of amides is 1. The number of hydrogen-bond donors (Lipinski definition) is 1. The van der Waals surface area contributed by atoms with Crippen molar-refractivity contribution >= 4 is 11.9 Å². The van der Waals surface area contributed by atoms with Gasteiger partial charge in [0.2, 0.25) is 5.91 Å². The van der Waals surface area contributed by atoms with Crippen molar-refractivity contribution in [3.8, 4) is 0 Å². The maximum absolute atomic E-state index is 12.0. The van der Waals surface area contributed by atoms with Gasteiger partial charge in [0.15, 0.2) is 0 Å². The van der Waals surface area contributed by atoms with E-state index in [9.17, 15) is 9.59 Å². The molecule has 6 nitrogen and oxygen atoms in total. The molecular formula is C12H17N3O3. The highest BCUT2D eigenvalue weighted by Crippen LogP contribution is 2.17. The van der Waals surface area contributed by atoms with Crippen LogP contribution < -0.4 is 0 Å². The fourth-order valence-corrected chi connectivity index (χ4v) is 2.21. The van der Waals surface area contributed by atoms with Crippen LogP contribution in [0.5, 0.6) is 0 Å². The lowest BCUT2D eigenvalue weighted by atomic mass is 9.98. The summed E-state index contributed by atoms with van der Waals surface area (Å²) in [6.45, 7) is 1.55. The van der Waals surface area contributed by atoms with Gasteiger partial charge in [0.05, 0.1) is 5.92 Å². The first-order chi connectivity index (χ1) is 8.66. The Kier molecular flexibility index (Phi) is 3.96. The Morgan fingerprint density at radius 2 is 2.28 bits per heavy atom. The summed E-state index contributed by atoms with van der Waals surface area (Å²) < 4.78 is 1.70. The predicted molar refractivity (Wildman–Crippen MR) is 63.8 cm³/mol. The number of carbonyl (C=O) groups is 2. The van der Waals surface area contributed by atoms with Gasteiger partial charge in [-0.25, -0.2) is 0 Å². The minimum Gasteiger partial charge on any atom is -0.481 e. The second kappa shape index (κ2) is 5.66. The zero-order valence-corrected chi connectivity index (χ0v) is 10.2. The van der Waals surface area contributed by atoms with Crippen LogP contribution in [0, 0.1) is 5.92 Å². The number of likely N-dealkylation sites (tertiary alicyclic amines) is 1. The van der Waals surface area contributed by atoms with E-state index >= 15 is 0 Å². The second-order valence-electron chi connectivity index (χ2n) is 4.54. The molecule has 1 aliphatic heterocycles. The van der Waals surface area contributed by atoms with Crippen LogP contribution in [0.1, 0.15) is 19.3 Å². The number of piperidine rings is 1. The van der Waals surface area contributed by atoms with Crippen LogP contribution in [0.15, 0.2) is 18.5 Å². The number of carbonyl (C=O) groups excluding carboxylic acids is 1. The molecule has 0 aromatic carbocycles. The van der Waals surface area contributed by atoms with Crippen LogP contribution >= 0.6 is 0 Å². The second-order valence-corrected chi connectivity index (χ2v) is 4.54. The van der Waals surface area contributed by atoms with Crippen LogP contribution in [0.2, 0.25) is 0 Å². The molecule has 2 heterocycles. The van der Waals surface area contributed by atoms with Gasteiger partial charge in [-0.15, -0.1) is 0 Å². The predicted octanol–water partition coefficient (Wildman–Crippen LogP) is 0.596. The fraction of sp³-hybridized carbons (Fsp3) is 0.583. The summed E-state index contributed by atoms with van der Waals surface area (Å²) >= 11 is 0. The number of nitrogens with zero attached hydrogens (tertiary/aromatic N) is 3. The normalized spacial score (nSPS) is 19.8. The quantitative estimate of drug-likeness (QED) is 0.850. The van der Waals surface area contributed by atoms with E-state index < -0.39 is 11.9 Å². The highest BCUT2D eigenvalue weighted by atomic mass is 16.4. The van der Waals surface area contributed by atoms with Crippen LogP contribution in [0.3, 0.4) is 0 Å². The summed E-state index contributed by atoms with van der Waals surface area (Å²) in [5, 5.41) is 13.0. The molecule has 0 spiro atoms. The molecular weight excluding hydrogens is 234 g/mol. The van der Waals surface area contributed by atoms with E-state index in [2.05, 4.69) is 5.10 Å².